The van der Waals surface area contributed by atoms with E-state index in [4.69, 9.17) is 9.84 Å². The maximum absolute atomic E-state index is 10.9. The Morgan fingerprint density at radius 2 is 2.21 bits per heavy atom. The van der Waals surface area contributed by atoms with E-state index in [1.165, 1.54) is 18.9 Å². The van der Waals surface area contributed by atoms with E-state index in [1.807, 2.05) is 6.92 Å². The largest absolute Gasteiger partial charge is 0.477 e. The van der Waals surface area contributed by atoms with Crippen LogP contribution in [-0.4, -0.2) is 34.8 Å². The van der Waals surface area contributed by atoms with Crippen LogP contribution in [0, 0.1) is 0 Å². The van der Waals surface area contributed by atoms with E-state index in [-0.39, 0.29) is 11.3 Å². The Morgan fingerprint density at radius 3 is 2.84 bits per heavy atom. The molecule has 1 heterocycles. The van der Waals surface area contributed by atoms with E-state index < -0.39 is 5.97 Å². The first-order valence-corrected chi connectivity index (χ1v) is 6.73. The van der Waals surface area contributed by atoms with Crippen LogP contribution in [0.4, 0.5) is 5.82 Å². The zero-order valence-electron chi connectivity index (χ0n) is 11.2. The minimum absolute atomic E-state index is 0.0573. The number of hydrogen-bond acceptors (Lipinski definition) is 4. The molecule has 5 nitrogen and oxygen atoms in total. The van der Waals surface area contributed by atoms with Crippen LogP contribution >= 0.6 is 0 Å². The van der Waals surface area contributed by atoms with Gasteiger partial charge in [-0.15, -0.1) is 0 Å². The van der Waals surface area contributed by atoms with Crippen LogP contribution in [0.5, 0.6) is 0 Å². The Balaban J connectivity index is 2.01. The Hall–Kier alpha value is -1.62. The number of pyridine rings is 1. The molecule has 19 heavy (non-hydrogen) atoms. The lowest BCUT2D eigenvalue weighted by atomic mass is 10.0. The number of hydrogen-bond donors (Lipinski definition) is 2. The highest BCUT2D eigenvalue weighted by Crippen LogP contribution is 2.33. The van der Waals surface area contributed by atoms with E-state index in [1.54, 1.807) is 12.1 Å². The number of carboxylic acid groups (broad SMARTS) is 1. The fraction of sp³-hybridized carbons (Fsp3) is 0.571. The number of nitrogens with one attached hydrogen (secondary N) is 1. The van der Waals surface area contributed by atoms with E-state index in [9.17, 15) is 4.79 Å². The minimum Gasteiger partial charge on any atom is -0.477 e. The van der Waals surface area contributed by atoms with Crippen molar-refractivity contribution in [3.63, 3.8) is 0 Å². The summed E-state index contributed by atoms with van der Waals surface area (Å²) in [6.45, 7) is 3.38. The highest BCUT2D eigenvalue weighted by molar-refractivity contribution is 5.85. The average molecular weight is 264 g/mol. The summed E-state index contributed by atoms with van der Waals surface area (Å²) in [6.07, 6.45) is 4.47. The Morgan fingerprint density at radius 1 is 1.47 bits per heavy atom. The predicted octanol–water partition coefficient (Wildman–Crippen LogP) is 2.54. The maximum Gasteiger partial charge on any atom is 0.354 e. The van der Waals surface area contributed by atoms with E-state index in [0.717, 1.165) is 12.8 Å². The molecule has 0 aliphatic heterocycles. The second kappa shape index (κ2) is 6.02. The Labute approximate surface area is 113 Å². The number of carboxylic acids is 1. The normalized spacial score (nSPS) is 17.3. The number of ether oxygens (including phenoxy) is 1. The summed E-state index contributed by atoms with van der Waals surface area (Å²) in [6, 6.07) is 4.96. The van der Waals surface area contributed by atoms with Gasteiger partial charge in [-0.05, 0) is 31.9 Å². The summed E-state index contributed by atoms with van der Waals surface area (Å²) in [5.74, 6) is -0.421. The van der Waals surface area contributed by atoms with Crippen LogP contribution in [0.25, 0.3) is 0 Å². The molecule has 104 valence electrons. The first-order chi connectivity index (χ1) is 9.15. The Kier molecular flexibility index (Phi) is 4.37. The van der Waals surface area contributed by atoms with Gasteiger partial charge in [0.2, 0.25) is 0 Å². The number of rotatable bonds is 6. The van der Waals surface area contributed by atoms with Crippen molar-refractivity contribution in [1.82, 2.24) is 4.98 Å². The van der Waals surface area contributed by atoms with Crippen LogP contribution in [0.1, 0.15) is 43.1 Å². The summed E-state index contributed by atoms with van der Waals surface area (Å²) >= 11 is 0. The zero-order valence-corrected chi connectivity index (χ0v) is 11.2. The first-order valence-electron chi connectivity index (χ1n) is 6.73. The van der Waals surface area contributed by atoms with Gasteiger partial charge in [0, 0.05) is 13.2 Å². The smallest absolute Gasteiger partial charge is 0.354 e. The summed E-state index contributed by atoms with van der Waals surface area (Å²) in [5, 5.41) is 12.1. The van der Waals surface area contributed by atoms with Gasteiger partial charge >= 0.3 is 5.97 Å². The number of anilines is 1. The molecule has 0 radical (unpaired) electrons. The van der Waals surface area contributed by atoms with Gasteiger partial charge in [0.1, 0.15) is 5.82 Å². The molecule has 1 aromatic heterocycles. The second-order valence-electron chi connectivity index (χ2n) is 4.89. The van der Waals surface area contributed by atoms with E-state index in [0.29, 0.717) is 19.0 Å². The lowest BCUT2D eigenvalue weighted by Crippen LogP contribution is -2.37. The van der Waals surface area contributed by atoms with Crippen molar-refractivity contribution in [3.05, 3.63) is 23.9 Å². The van der Waals surface area contributed by atoms with Crippen molar-refractivity contribution in [3.8, 4) is 0 Å². The standard InChI is InChI=1S/C14H20N2O3/c1-2-19-14(8-3-4-9-14)10-15-12-7-5-6-11(16-12)13(17)18/h5-7H,2-4,8-10H2,1H3,(H,15,16)(H,17,18). The molecule has 1 fully saturated rings. The van der Waals surface area contributed by atoms with Crippen molar-refractivity contribution in [2.45, 2.75) is 38.2 Å². The van der Waals surface area contributed by atoms with Gasteiger partial charge in [0.25, 0.3) is 0 Å². The Bertz CT molecular complexity index is 442. The molecule has 0 amide bonds. The lowest BCUT2D eigenvalue weighted by Gasteiger charge is -2.29. The second-order valence-corrected chi connectivity index (χ2v) is 4.89. The number of aromatic carboxylic acids is 1. The summed E-state index contributed by atoms with van der Waals surface area (Å²) in [5.41, 5.74) is -0.0581. The monoisotopic (exact) mass is 264 g/mol. The molecule has 0 unspecified atom stereocenters. The summed E-state index contributed by atoms with van der Waals surface area (Å²) in [4.78, 5) is 14.9. The van der Waals surface area contributed by atoms with Crippen molar-refractivity contribution in [2.24, 2.45) is 0 Å². The molecule has 0 atom stereocenters. The van der Waals surface area contributed by atoms with E-state index >= 15 is 0 Å². The van der Waals surface area contributed by atoms with Crippen LogP contribution in [0.2, 0.25) is 0 Å². The van der Waals surface area contributed by atoms with Gasteiger partial charge in [-0.2, -0.15) is 0 Å². The molecule has 1 saturated carbocycles. The number of carbonyl (C=O) groups is 1. The maximum atomic E-state index is 10.9. The predicted molar refractivity (Wildman–Crippen MR) is 72.5 cm³/mol. The van der Waals surface area contributed by atoms with Gasteiger partial charge in [-0.25, -0.2) is 9.78 Å². The number of aromatic nitrogens is 1. The molecule has 1 aromatic rings. The topological polar surface area (TPSA) is 71.5 Å². The van der Waals surface area contributed by atoms with Gasteiger partial charge in [-0.1, -0.05) is 18.9 Å². The third kappa shape index (κ3) is 3.44. The van der Waals surface area contributed by atoms with Crippen molar-refractivity contribution < 1.29 is 14.6 Å². The van der Waals surface area contributed by atoms with Crippen LogP contribution in [0.3, 0.4) is 0 Å². The number of nitrogens with zero attached hydrogens (tertiary/aromatic N) is 1. The fourth-order valence-electron chi connectivity index (χ4n) is 2.60. The average Bonchev–Trinajstić information content (AvgIpc) is 2.86. The van der Waals surface area contributed by atoms with E-state index in [2.05, 4.69) is 10.3 Å². The minimum atomic E-state index is -1.01. The molecule has 1 aliphatic carbocycles. The molecule has 0 bridgehead atoms. The molecule has 0 saturated heterocycles. The molecule has 5 heteroatoms. The summed E-state index contributed by atoms with van der Waals surface area (Å²) in [7, 11) is 0. The molecule has 0 spiro atoms. The van der Waals surface area contributed by atoms with Crippen LogP contribution < -0.4 is 5.32 Å². The van der Waals surface area contributed by atoms with Crippen molar-refractivity contribution in [2.75, 3.05) is 18.5 Å². The highest BCUT2D eigenvalue weighted by Gasteiger charge is 2.34. The summed E-state index contributed by atoms with van der Waals surface area (Å²) < 4.78 is 5.88. The van der Waals surface area contributed by atoms with Gasteiger partial charge in [0.05, 0.1) is 5.60 Å². The molecular weight excluding hydrogens is 244 g/mol. The highest BCUT2D eigenvalue weighted by atomic mass is 16.5. The lowest BCUT2D eigenvalue weighted by molar-refractivity contribution is -0.0234. The van der Waals surface area contributed by atoms with Crippen molar-refractivity contribution >= 4 is 11.8 Å². The molecule has 2 rings (SSSR count). The van der Waals surface area contributed by atoms with Crippen molar-refractivity contribution in [1.29, 1.82) is 0 Å². The zero-order chi connectivity index (χ0) is 13.7. The van der Waals surface area contributed by atoms with Gasteiger partial charge in [0.15, 0.2) is 5.69 Å². The molecular formula is C14H20N2O3. The molecule has 2 N–H and O–H groups in total. The SMILES string of the molecule is CCOC1(CNc2cccc(C(=O)O)n2)CCCC1. The fourth-order valence-corrected chi connectivity index (χ4v) is 2.60. The third-order valence-corrected chi connectivity index (χ3v) is 3.53. The molecule has 1 aliphatic rings. The van der Waals surface area contributed by atoms with Crippen LogP contribution in [0.15, 0.2) is 18.2 Å². The van der Waals surface area contributed by atoms with Crippen LogP contribution in [-0.2, 0) is 4.74 Å². The molecule has 0 aromatic carbocycles. The van der Waals surface area contributed by atoms with Gasteiger partial charge in [-0.3, -0.25) is 0 Å². The van der Waals surface area contributed by atoms with Gasteiger partial charge < -0.3 is 15.2 Å². The first kappa shape index (κ1) is 13.8. The third-order valence-electron chi connectivity index (χ3n) is 3.53. The quantitative estimate of drug-likeness (QED) is 0.826.